The van der Waals surface area contributed by atoms with Gasteiger partial charge < -0.3 is 19.6 Å². The van der Waals surface area contributed by atoms with Gasteiger partial charge in [0.15, 0.2) is 11.8 Å². The summed E-state index contributed by atoms with van der Waals surface area (Å²) in [7, 11) is 1.82. The van der Waals surface area contributed by atoms with Gasteiger partial charge in [-0.2, -0.15) is 4.98 Å². The fourth-order valence-corrected chi connectivity index (χ4v) is 3.43. The van der Waals surface area contributed by atoms with E-state index in [4.69, 9.17) is 4.52 Å². The van der Waals surface area contributed by atoms with Crippen molar-refractivity contribution in [2.75, 3.05) is 44.7 Å². The molecule has 2 aromatic heterocycles. The van der Waals surface area contributed by atoms with Crippen molar-refractivity contribution in [2.45, 2.75) is 13.3 Å². The molecule has 1 fully saturated rings. The minimum atomic E-state index is 0. The number of aryl methyl sites for hydroxylation is 1. The zero-order valence-corrected chi connectivity index (χ0v) is 17.1. The van der Waals surface area contributed by atoms with E-state index in [1.807, 2.05) is 14.0 Å². The average Bonchev–Trinajstić information content (AvgIpc) is 3.24. The normalized spacial score (nSPS) is 15.3. The third kappa shape index (κ3) is 4.82. The molecule has 24 heavy (non-hydrogen) atoms. The Morgan fingerprint density at radius 2 is 2.17 bits per heavy atom. The maximum Gasteiger partial charge on any atom is 0.228 e. The third-order valence-electron chi connectivity index (χ3n) is 3.80. The molecule has 2 aromatic rings. The summed E-state index contributed by atoms with van der Waals surface area (Å²) in [6, 6.07) is 4.28. The number of anilines is 1. The molecule has 0 unspecified atom stereocenters. The van der Waals surface area contributed by atoms with E-state index in [-0.39, 0.29) is 24.0 Å². The van der Waals surface area contributed by atoms with Gasteiger partial charge in [-0.05, 0) is 24.4 Å². The Labute approximate surface area is 163 Å². The SMILES string of the molecule is CN=C(NCCc1nc(C)no1)N1CCN(c2cccs2)CC1.I. The molecular weight excluding hydrogens is 439 g/mol. The van der Waals surface area contributed by atoms with Crippen molar-refractivity contribution in [1.29, 1.82) is 0 Å². The summed E-state index contributed by atoms with van der Waals surface area (Å²) >= 11 is 1.80. The summed E-state index contributed by atoms with van der Waals surface area (Å²) < 4.78 is 5.12. The molecule has 7 nitrogen and oxygen atoms in total. The van der Waals surface area contributed by atoms with Gasteiger partial charge in [0.1, 0.15) is 0 Å². The number of guanidine groups is 1. The molecule has 1 N–H and O–H groups in total. The molecule has 3 heterocycles. The highest BCUT2D eigenvalue weighted by molar-refractivity contribution is 14.0. The first-order valence-corrected chi connectivity index (χ1v) is 8.67. The molecule has 1 aliphatic heterocycles. The predicted molar refractivity (Wildman–Crippen MR) is 108 cm³/mol. The largest absolute Gasteiger partial charge is 0.360 e. The van der Waals surface area contributed by atoms with Gasteiger partial charge in [0.25, 0.3) is 0 Å². The van der Waals surface area contributed by atoms with Crippen molar-refractivity contribution in [3.05, 3.63) is 29.2 Å². The highest BCUT2D eigenvalue weighted by Crippen LogP contribution is 2.22. The topological polar surface area (TPSA) is 69.8 Å². The lowest BCUT2D eigenvalue weighted by Gasteiger charge is -2.37. The van der Waals surface area contributed by atoms with Gasteiger partial charge in [-0.1, -0.05) is 5.16 Å². The van der Waals surface area contributed by atoms with Crippen LogP contribution >= 0.6 is 35.3 Å². The Morgan fingerprint density at radius 1 is 1.38 bits per heavy atom. The van der Waals surface area contributed by atoms with E-state index >= 15 is 0 Å². The van der Waals surface area contributed by atoms with E-state index in [2.05, 4.69) is 47.8 Å². The fraction of sp³-hybridized carbons (Fsp3) is 0.533. The van der Waals surface area contributed by atoms with E-state index in [1.54, 1.807) is 11.3 Å². The first-order valence-electron chi connectivity index (χ1n) is 7.79. The molecule has 0 aromatic carbocycles. The van der Waals surface area contributed by atoms with E-state index < -0.39 is 0 Å². The minimum absolute atomic E-state index is 0. The second-order valence-corrected chi connectivity index (χ2v) is 6.31. The van der Waals surface area contributed by atoms with Crippen LogP contribution in [-0.4, -0.2) is 60.8 Å². The predicted octanol–water partition coefficient (Wildman–Crippen LogP) is 2.00. The van der Waals surface area contributed by atoms with E-state index in [0.717, 1.165) is 38.7 Å². The Kier molecular flexibility index (Phi) is 7.28. The molecule has 132 valence electrons. The van der Waals surface area contributed by atoms with Crippen LogP contribution in [0.5, 0.6) is 0 Å². The number of aromatic nitrogens is 2. The summed E-state index contributed by atoms with van der Waals surface area (Å²) in [6.07, 6.45) is 0.703. The van der Waals surface area contributed by atoms with Gasteiger partial charge >= 0.3 is 0 Å². The fourth-order valence-electron chi connectivity index (χ4n) is 2.64. The zero-order valence-electron chi connectivity index (χ0n) is 13.9. The number of nitrogens with one attached hydrogen (secondary N) is 1. The van der Waals surface area contributed by atoms with Crippen LogP contribution in [0, 0.1) is 6.92 Å². The molecule has 0 aliphatic carbocycles. The van der Waals surface area contributed by atoms with Crippen molar-refractivity contribution in [1.82, 2.24) is 20.4 Å². The molecule has 1 saturated heterocycles. The van der Waals surface area contributed by atoms with E-state index in [1.165, 1.54) is 5.00 Å². The van der Waals surface area contributed by atoms with Crippen molar-refractivity contribution >= 4 is 46.3 Å². The number of nitrogens with zero attached hydrogens (tertiary/aromatic N) is 5. The Hall–Kier alpha value is -1.36. The molecule has 0 spiro atoms. The summed E-state index contributed by atoms with van der Waals surface area (Å²) in [5.74, 6) is 2.27. The molecule has 0 bridgehead atoms. The van der Waals surface area contributed by atoms with Crippen molar-refractivity contribution in [3.63, 3.8) is 0 Å². The van der Waals surface area contributed by atoms with Crippen LogP contribution < -0.4 is 10.2 Å². The number of thiophene rings is 1. The van der Waals surface area contributed by atoms with E-state index in [9.17, 15) is 0 Å². The Bertz CT molecular complexity index is 636. The number of hydrogen-bond donors (Lipinski definition) is 1. The standard InChI is InChI=1S/C15H22N6OS.HI/c1-12-18-13(22-19-12)5-6-17-15(16-2)21-9-7-20(8-10-21)14-4-3-11-23-14;/h3-4,11H,5-10H2,1-2H3,(H,16,17);1H. The number of hydrogen-bond acceptors (Lipinski definition) is 6. The molecular formula is C15H23IN6OS. The van der Waals surface area contributed by atoms with Gasteiger partial charge in [0, 0.05) is 46.2 Å². The molecule has 0 amide bonds. The van der Waals surface area contributed by atoms with Crippen LogP contribution in [0.15, 0.2) is 27.0 Å². The van der Waals surface area contributed by atoms with Gasteiger partial charge in [-0.15, -0.1) is 35.3 Å². The molecule has 0 saturated carbocycles. The number of aliphatic imine (C=N–C) groups is 1. The van der Waals surface area contributed by atoms with Crippen LogP contribution in [0.3, 0.4) is 0 Å². The summed E-state index contributed by atoms with van der Waals surface area (Å²) in [4.78, 5) is 13.3. The smallest absolute Gasteiger partial charge is 0.228 e. The maximum atomic E-state index is 5.12. The van der Waals surface area contributed by atoms with Gasteiger partial charge in [0.05, 0.1) is 5.00 Å². The van der Waals surface area contributed by atoms with Crippen LogP contribution in [0.1, 0.15) is 11.7 Å². The van der Waals surface area contributed by atoms with Crippen LogP contribution in [-0.2, 0) is 6.42 Å². The van der Waals surface area contributed by atoms with Crippen LogP contribution in [0.25, 0.3) is 0 Å². The lowest BCUT2D eigenvalue weighted by molar-refractivity contribution is 0.364. The minimum Gasteiger partial charge on any atom is -0.360 e. The zero-order chi connectivity index (χ0) is 16.1. The summed E-state index contributed by atoms with van der Waals surface area (Å²) in [6.45, 7) is 6.54. The third-order valence-corrected chi connectivity index (χ3v) is 4.73. The number of piperazine rings is 1. The van der Waals surface area contributed by atoms with Crippen LogP contribution in [0.2, 0.25) is 0 Å². The second kappa shape index (κ2) is 9.21. The summed E-state index contributed by atoms with van der Waals surface area (Å²) in [5, 5.41) is 10.6. The first kappa shape index (κ1) is 19.0. The molecule has 9 heteroatoms. The molecule has 0 radical (unpaired) electrons. The van der Waals surface area contributed by atoms with Gasteiger partial charge in [0.2, 0.25) is 5.89 Å². The average molecular weight is 462 g/mol. The highest BCUT2D eigenvalue weighted by atomic mass is 127. The summed E-state index contributed by atoms with van der Waals surface area (Å²) in [5.41, 5.74) is 0. The number of halogens is 1. The molecule has 3 rings (SSSR count). The maximum absolute atomic E-state index is 5.12. The van der Waals surface area contributed by atoms with Gasteiger partial charge in [-0.25, -0.2) is 0 Å². The van der Waals surface area contributed by atoms with Gasteiger partial charge in [-0.3, -0.25) is 4.99 Å². The molecule has 0 atom stereocenters. The quantitative estimate of drug-likeness (QED) is 0.426. The van der Waals surface area contributed by atoms with Crippen molar-refractivity contribution < 1.29 is 4.52 Å². The van der Waals surface area contributed by atoms with Crippen molar-refractivity contribution in [2.24, 2.45) is 4.99 Å². The lowest BCUT2D eigenvalue weighted by atomic mass is 10.3. The Morgan fingerprint density at radius 3 is 2.75 bits per heavy atom. The second-order valence-electron chi connectivity index (χ2n) is 5.38. The van der Waals surface area contributed by atoms with E-state index in [0.29, 0.717) is 18.1 Å². The molecule has 1 aliphatic rings. The highest BCUT2D eigenvalue weighted by Gasteiger charge is 2.20. The monoisotopic (exact) mass is 462 g/mol. The first-order chi connectivity index (χ1) is 11.3. The lowest BCUT2D eigenvalue weighted by Crippen LogP contribution is -2.52. The Balaban J connectivity index is 0.00000208. The van der Waals surface area contributed by atoms with Crippen LogP contribution in [0.4, 0.5) is 5.00 Å². The van der Waals surface area contributed by atoms with Crippen molar-refractivity contribution in [3.8, 4) is 0 Å². The number of rotatable bonds is 4.